The number of nitrogens with one attached hydrogen (secondary N) is 1. The predicted octanol–water partition coefficient (Wildman–Crippen LogP) is 3.95. The second kappa shape index (κ2) is 10.9. The molecule has 2 N–H and O–H groups in total. The van der Waals surface area contributed by atoms with Crippen LogP contribution in [0.1, 0.15) is 30.1 Å². The molecule has 0 aromatic heterocycles. The summed E-state index contributed by atoms with van der Waals surface area (Å²) in [6.45, 7) is 0.0943. The van der Waals surface area contributed by atoms with Crippen LogP contribution in [0.4, 0.5) is 14.9 Å². The van der Waals surface area contributed by atoms with Gasteiger partial charge in [-0.3, -0.25) is 10.1 Å². The van der Waals surface area contributed by atoms with Gasteiger partial charge < -0.3 is 14.6 Å². The van der Waals surface area contributed by atoms with Crippen LogP contribution in [0.2, 0.25) is 0 Å². The van der Waals surface area contributed by atoms with Gasteiger partial charge in [0.15, 0.2) is 11.6 Å². The number of aromatic hydroxyl groups is 1. The summed E-state index contributed by atoms with van der Waals surface area (Å²) in [7, 11) is 0. The molecule has 0 aliphatic carbocycles. The van der Waals surface area contributed by atoms with Gasteiger partial charge in [-0.05, 0) is 54.8 Å². The number of anilines is 1. The number of halogens is 1. The minimum absolute atomic E-state index is 0.0455. The Morgan fingerprint density at radius 1 is 1.24 bits per heavy atom. The highest BCUT2D eigenvalue weighted by molar-refractivity contribution is 7.81. The third-order valence-corrected chi connectivity index (χ3v) is 4.11. The van der Waals surface area contributed by atoms with Gasteiger partial charge in [-0.15, -0.1) is 0 Å². The average molecular weight is 418 g/mol. The number of carbonyl (C=O) groups is 2. The molecule has 0 aliphatic heterocycles. The maximum Gasteiger partial charge on any atom is 0.412 e. The standard InChI is InChI=1S/C20H19FN2O5S/c21-16-10-14(5-8-17(16)24)18(2-1-9-27-19(25)12-29)28-20(26)23-15-6-3-13(11-22)4-7-15/h3-8,10,18,24,29H,1-2,9,12H2,(H,23,26)/t18-/m0/s1. The summed E-state index contributed by atoms with van der Waals surface area (Å²) >= 11 is 3.81. The number of phenolic OH excluding ortho intramolecular Hbond substituents is 1. The van der Waals surface area contributed by atoms with Crippen molar-refractivity contribution in [2.24, 2.45) is 0 Å². The first-order valence-corrected chi connectivity index (χ1v) is 9.29. The highest BCUT2D eigenvalue weighted by atomic mass is 32.1. The fourth-order valence-corrected chi connectivity index (χ4v) is 2.51. The monoisotopic (exact) mass is 418 g/mol. The van der Waals surface area contributed by atoms with Gasteiger partial charge in [0, 0.05) is 5.69 Å². The largest absolute Gasteiger partial charge is 0.505 e. The molecule has 0 aliphatic rings. The number of esters is 1. The molecule has 0 saturated carbocycles. The summed E-state index contributed by atoms with van der Waals surface area (Å²) < 4.78 is 24.1. The Hall–Kier alpha value is -3.25. The van der Waals surface area contributed by atoms with Crippen molar-refractivity contribution in [1.29, 1.82) is 5.26 Å². The molecule has 0 heterocycles. The lowest BCUT2D eigenvalue weighted by Crippen LogP contribution is -2.18. The van der Waals surface area contributed by atoms with Crippen LogP contribution in [0.25, 0.3) is 0 Å². The molecule has 1 amide bonds. The number of phenols is 1. The molecule has 2 rings (SSSR count). The molecule has 152 valence electrons. The zero-order valence-electron chi connectivity index (χ0n) is 15.3. The van der Waals surface area contributed by atoms with Gasteiger partial charge in [-0.1, -0.05) is 6.07 Å². The van der Waals surface area contributed by atoms with Crippen LogP contribution in [0.5, 0.6) is 5.75 Å². The molecule has 0 fully saturated rings. The Bertz CT molecular complexity index is 899. The number of amides is 1. The smallest absolute Gasteiger partial charge is 0.412 e. The number of hydrogen-bond acceptors (Lipinski definition) is 7. The number of nitriles is 1. The van der Waals surface area contributed by atoms with Gasteiger partial charge in [0.1, 0.15) is 6.10 Å². The number of thiol groups is 1. The lowest BCUT2D eigenvalue weighted by molar-refractivity contribution is -0.140. The third kappa shape index (κ3) is 7.01. The van der Waals surface area contributed by atoms with Gasteiger partial charge in [-0.2, -0.15) is 17.9 Å². The fraction of sp³-hybridized carbons (Fsp3) is 0.250. The molecule has 2 aromatic carbocycles. The van der Waals surface area contributed by atoms with E-state index < -0.39 is 29.7 Å². The summed E-state index contributed by atoms with van der Waals surface area (Å²) in [4.78, 5) is 23.4. The van der Waals surface area contributed by atoms with Crippen molar-refractivity contribution >= 4 is 30.4 Å². The molecule has 0 bridgehead atoms. The first-order chi connectivity index (χ1) is 13.9. The topological polar surface area (TPSA) is 109 Å². The molecule has 0 radical (unpaired) electrons. The third-order valence-electron chi connectivity index (χ3n) is 3.86. The molecule has 1 atom stereocenters. The molecule has 0 spiro atoms. The maximum absolute atomic E-state index is 13.7. The van der Waals surface area contributed by atoms with E-state index in [1.54, 1.807) is 12.1 Å². The van der Waals surface area contributed by atoms with Crippen LogP contribution in [-0.4, -0.2) is 29.5 Å². The van der Waals surface area contributed by atoms with E-state index in [4.69, 9.17) is 14.7 Å². The Balaban J connectivity index is 2.04. The highest BCUT2D eigenvalue weighted by Gasteiger charge is 2.19. The van der Waals surface area contributed by atoms with E-state index in [1.165, 1.54) is 24.3 Å². The van der Waals surface area contributed by atoms with E-state index >= 15 is 0 Å². The number of hydrogen-bond donors (Lipinski definition) is 3. The van der Waals surface area contributed by atoms with E-state index in [0.29, 0.717) is 23.2 Å². The van der Waals surface area contributed by atoms with Crippen molar-refractivity contribution in [3.63, 3.8) is 0 Å². The molecule has 0 saturated heterocycles. The van der Waals surface area contributed by atoms with Gasteiger partial charge >= 0.3 is 12.1 Å². The Labute approximate surface area is 172 Å². The normalized spacial score (nSPS) is 11.2. The Morgan fingerprint density at radius 2 is 1.97 bits per heavy atom. The van der Waals surface area contributed by atoms with Crippen molar-refractivity contribution < 1.29 is 28.6 Å². The molecule has 29 heavy (non-hydrogen) atoms. The van der Waals surface area contributed by atoms with Gasteiger partial charge in [0.05, 0.1) is 24.0 Å². The van der Waals surface area contributed by atoms with E-state index in [2.05, 4.69) is 17.9 Å². The first-order valence-electron chi connectivity index (χ1n) is 8.65. The van der Waals surface area contributed by atoms with Crippen molar-refractivity contribution in [1.82, 2.24) is 0 Å². The molecule has 0 unspecified atom stereocenters. The minimum Gasteiger partial charge on any atom is -0.505 e. The van der Waals surface area contributed by atoms with Crippen LogP contribution in [0.15, 0.2) is 42.5 Å². The Morgan fingerprint density at radius 3 is 2.59 bits per heavy atom. The first kappa shape index (κ1) is 22.0. The zero-order valence-corrected chi connectivity index (χ0v) is 16.2. The summed E-state index contributed by atoms with van der Waals surface area (Å²) in [5.41, 5.74) is 1.21. The van der Waals surface area contributed by atoms with Crippen molar-refractivity contribution in [3.8, 4) is 11.8 Å². The van der Waals surface area contributed by atoms with Crippen LogP contribution >= 0.6 is 12.6 Å². The second-order valence-corrected chi connectivity index (χ2v) is 6.26. The zero-order chi connectivity index (χ0) is 21.2. The van der Waals surface area contributed by atoms with Gasteiger partial charge in [0.2, 0.25) is 0 Å². The summed E-state index contributed by atoms with van der Waals surface area (Å²) in [6.07, 6.45) is -1.000. The van der Waals surface area contributed by atoms with E-state index in [0.717, 1.165) is 6.07 Å². The molecular weight excluding hydrogens is 399 g/mol. The lowest BCUT2D eigenvalue weighted by Gasteiger charge is -2.19. The van der Waals surface area contributed by atoms with Crippen molar-refractivity contribution in [3.05, 3.63) is 59.4 Å². The van der Waals surface area contributed by atoms with Crippen LogP contribution in [-0.2, 0) is 14.3 Å². The average Bonchev–Trinajstić information content (AvgIpc) is 2.72. The maximum atomic E-state index is 13.7. The van der Waals surface area contributed by atoms with Crippen molar-refractivity contribution in [2.75, 3.05) is 17.7 Å². The number of nitrogens with zero attached hydrogens (tertiary/aromatic N) is 1. The lowest BCUT2D eigenvalue weighted by atomic mass is 10.0. The number of ether oxygens (including phenoxy) is 2. The minimum atomic E-state index is -0.842. The number of carbonyl (C=O) groups excluding carboxylic acids is 2. The summed E-state index contributed by atoms with van der Waals surface area (Å²) in [6, 6.07) is 11.8. The molecular formula is C20H19FN2O5S. The second-order valence-electron chi connectivity index (χ2n) is 5.94. The molecule has 7 nitrogen and oxygen atoms in total. The Kier molecular flexibility index (Phi) is 8.30. The number of benzene rings is 2. The fourth-order valence-electron chi connectivity index (χ4n) is 2.42. The van der Waals surface area contributed by atoms with Crippen LogP contribution in [0.3, 0.4) is 0 Å². The quantitative estimate of drug-likeness (QED) is 0.340. The highest BCUT2D eigenvalue weighted by Crippen LogP contribution is 2.27. The number of rotatable bonds is 8. The van der Waals surface area contributed by atoms with E-state index in [-0.39, 0.29) is 18.8 Å². The molecule has 9 heteroatoms. The molecule has 2 aromatic rings. The SMILES string of the molecule is N#Cc1ccc(NC(=O)O[C@@H](CCCOC(=O)CS)c2ccc(O)c(F)c2)cc1. The van der Waals surface area contributed by atoms with Crippen LogP contribution < -0.4 is 5.32 Å². The summed E-state index contributed by atoms with van der Waals surface area (Å²) in [5.74, 6) is -1.88. The van der Waals surface area contributed by atoms with Crippen molar-refractivity contribution in [2.45, 2.75) is 18.9 Å². The van der Waals surface area contributed by atoms with Crippen LogP contribution in [0, 0.1) is 17.1 Å². The van der Waals surface area contributed by atoms with E-state index in [9.17, 15) is 19.1 Å². The summed E-state index contributed by atoms with van der Waals surface area (Å²) in [5, 5.41) is 20.7. The van der Waals surface area contributed by atoms with Gasteiger partial charge in [-0.25, -0.2) is 9.18 Å². The predicted molar refractivity (Wildman–Crippen MR) is 106 cm³/mol. The van der Waals surface area contributed by atoms with E-state index in [1.807, 2.05) is 6.07 Å². The van der Waals surface area contributed by atoms with Gasteiger partial charge in [0.25, 0.3) is 0 Å².